The third-order valence-electron chi connectivity index (χ3n) is 3.28. The number of aromatic hydroxyl groups is 1. The van der Waals surface area contributed by atoms with Crippen LogP contribution in [0.3, 0.4) is 0 Å². The van der Waals surface area contributed by atoms with Crippen molar-refractivity contribution in [1.82, 2.24) is 5.32 Å². The van der Waals surface area contributed by atoms with Crippen molar-refractivity contribution in [2.45, 2.75) is 13.3 Å². The number of aryl methyl sites for hydroxylation is 1. The van der Waals surface area contributed by atoms with Crippen molar-refractivity contribution < 1.29 is 14.7 Å². The van der Waals surface area contributed by atoms with Crippen LogP contribution < -0.4 is 10.6 Å². The summed E-state index contributed by atoms with van der Waals surface area (Å²) in [6, 6.07) is 12.1. The van der Waals surface area contributed by atoms with Crippen LogP contribution in [0, 0.1) is 6.92 Å². The molecule has 2 aromatic carbocycles. The Morgan fingerprint density at radius 1 is 1.09 bits per heavy atom. The molecule has 120 valence electrons. The Labute approximate surface area is 142 Å². The van der Waals surface area contributed by atoms with E-state index in [0.29, 0.717) is 18.7 Å². The molecule has 0 aliphatic heterocycles. The summed E-state index contributed by atoms with van der Waals surface area (Å²) in [6.45, 7) is 2.19. The van der Waals surface area contributed by atoms with Gasteiger partial charge >= 0.3 is 11.8 Å². The van der Waals surface area contributed by atoms with E-state index in [1.165, 1.54) is 0 Å². The van der Waals surface area contributed by atoms with Gasteiger partial charge in [0, 0.05) is 16.7 Å². The molecule has 3 N–H and O–H groups in total. The SMILES string of the molecule is Cc1cc(Br)ccc1NC(=O)C(=O)NCCc1ccc(O)cc1. The van der Waals surface area contributed by atoms with Gasteiger partial charge in [0.25, 0.3) is 0 Å². The predicted molar refractivity (Wildman–Crippen MR) is 92.3 cm³/mol. The zero-order chi connectivity index (χ0) is 16.8. The van der Waals surface area contributed by atoms with E-state index in [1.54, 1.807) is 36.4 Å². The molecule has 2 rings (SSSR count). The summed E-state index contributed by atoms with van der Waals surface area (Å²) in [6.07, 6.45) is 0.580. The first-order chi connectivity index (χ1) is 11.0. The summed E-state index contributed by atoms with van der Waals surface area (Å²) in [5, 5.41) is 14.4. The van der Waals surface area contributed by atoms with Crippen molar-refractivity contribution in [1.29, 1.82) is 0 Å². The molecule has 2 amide bonds. The molecule has 0 aromatic heterocycles. The zero-order valence-electron chi connectivity index (χ0n) is 12.6. The Morgan fingerprint density at radius 3 is 2.43 bits per heavy atom. The van der Waals surface area contributed by atoms with Gasteiger partial charge in [0.05, 0.1) is 0 Å². The van der Waals surface area contributed by atoms with Gasteiger partial charge < -0.3 is 15.7 Å². The summed E-state index contributed by atoms with van der Waals surface area (Å²) in [5.74, 6) is -1.17. The molecule has 0 spiro atoms. The van der Waals surface area contributed by atoms with E-state index < -0.39 is 11.8 Å². The highest BCUT2D eigenvalue weighted by Crippen LogP contribution is 2.19. The van der Waals surface area contributed by atoms with Gasteiger partial charge in [-0.3, -0.25) is 9.59 Å². The third-order valence-corrected chi connectivity index (χ3v) is 3.77. The number of phenols is 1. The number of anilines is 1. The number of halogens is 1. The topological polar surface area (TPSA) is 78.4 Å². The summed E-state index contributed by atoms with van der Waals surface area (Å²) in [7, 11) is 0. The van der Waals surface area contributed by atoms with Crippen LogP contribution in [0.2, 0.25) is 0 Å². The Bertz CT molecular complexity index is 714. The van der Waals surface area contributed by atoms with E-state index in [9.17, 15) is 14.7 Å². The maximum absolute atomic E-state index is 11.9. The van der Waals surface area contributed by atoms with Gasteiger partial charge in [-0.05, 0) is 54.8 Å². The van der Waals surface area contributed by atoms with Crippen LogP contribution in [0.1, 0.15) is 11.1 Å². The van der Waals surface area contributed by atoms with Gasteiger partial charge in [-0.15, -0.1) is 0 Å². The molecule has 0 heterocycles. The number of benzene rings is 2. The van der Waals surface area contributed by atoms with Crippen LogP contribution >= 0.6 is 15.9 Å². The summed E-state index contributed by atoms with van der Waals surface area (Å²) in [4.78, 5) is 23.7. The van der Waals surface area contributed by atoms with Crippen LogP contribution in [-0.2, 0) is 16.0 Å². The maximum atomic E-state index is 11.9. The molecule has 0 aliphatic carbocycles. The van der Waals surface area contributed by atoms with Crippen molar-refractivity contribution >= 4 is 33.4 Å². The first-order valence-corrected chi connectivity index (χ1v) is 7.88. The molecule has 0 unspecified atom stereocenters. The molecule has 0 atom stereocenters. The van der Waals surface area contributed by atoms with E-state index in [-0.39, 0.29) is 5.75 Å². The molecular formula is C17H17BrN2O3. The van der Waals surface area contributed by atoms with Crippen LogP contribution in [-0.4, -0.2) is 23.5 Å². The number of carbonyl (C=O) groups excluding carboxylic acids is 2. The Kier molecular flexibility index (Phi) is 5.76. The zero-order valence-corrected chi connectivity index (χ0v) is 14.2. The number of nitrogens with one attached hydrogen (secondary N) is 2. The quantitative estimate of drug-likeness (QED) is 0.717. The van der Waals surface area contributed by atoms with Gasteiger partial charge in [-0.2, -0.15) is 0 Å². The predicted octanol–water partition coefficient (Wildman–Crippen LogP) is 2.76. The highest BCUT2D eigenvalue weighted by atomic mass is 79.9. The number of phenolic OH excluding ortho intramolecular Hbond substituents is 1. The third kappa shape index (κ3) is 5.10. The van der Waals surface area contributed by atoms with E-state index in [2.05, 4.69) is 26.6 Å². The molecule has 2 aromatic rings. The average Bonchev–Trinajstić information content (AvgIpc) is 2.51. The van der Waals surface area contributed by atoms with Crippen molar-refractivity contribution in [3.63, 3.8) is 0 Å². The number of carbonyl (C=O) groups is 2. The van der Waals surface area contributed by atoms with Crippen LogP contribution in [0.5, 0.6) is 5.75 Å². The van der Waals surface area contributed by atoms with Crippen LogP contribution in [0.25, 0.3) is 0 Å². The average molecular weight is 377 g/mol. The maximum Gasteiger partial charge on any atom is 0.313 e. The number of hydrogen-bond donors (Lipinski definition) is 3. The Balaban J connectivity index is 1.83. The lowest BCUT2D eigenvalue weighted by Gasteiger charge is -2.09. The molecule has 0 saturated heterocycles. The van der Waals surface area contributed by atoms with E-state index >= 15 is 0 Å². The summed E-state index contributed by atoms with van der Waals surface area (Å²) in [5.41, 5.74) is 2.43. The molecule has 0 fully saturated rings. The monoisotopic (exact) mass is 376 g/mol. The van der Waals surface area contributed by atoms with Crippen LogP contribution in [0.15, 0.2) is 46.9 Å². The standard InChI is InChI=1S/C17H17BrN2O3/c1-11-10-13(18)4-7-15(11)20-17(23)16(22)19-9-8-12-2-5-14(21)6-3-12/h2-7,10,21H,8-9H2,1H3,(H,19,22)(H,20,23). The smallest absolute Gasteiger partial charge is 0.313 e. The fraction of sp³-hybridized carbons (Fsp3) is 0.176. The molecule has 0 bridgehead atoms. The summed E-state index contributed by atoms with van der Waals surface area (Å²) >= 11 is 3.34. The Morgan fingerprint density at radius 2 is 1.78 bits per heavy atom. The molecule has 0 saturated carbocycles. The summed E-state index contributed by atoms with van der Waals surface area (Å²) < 4.78 is 0.909. The molecule has 23 heavy (non-hydrogen) atoms. The van der Waals surface area contributed by atoms with Gasteiger partial charge in [-0.25, -0.2) is 0 Å². The normalized spacial score (nSPS) is 10.2. The van der Waals surface area contributed by atoms with Crippen molar-refractivity contribution in [3.05, 3.63) is 58.1 Å². The highest BCUT2D eigenvalue weighted by molar-refractivity contribution is 9.10. The lowest BCUT2D eigenvalue weighted by Crippen LogP contribution is -2.36. The van der Waals surface area contributed by atoms with Gasteiger partial charge in [0.15, 0.2) is 0 Å². The number of rotatable bonds is 4. The second-order valence-electron chi connectivity index (χ2n) is 5.09. The lowest BCUT2D eigenvalue weighted by molar-refractivity contribution is -0.136. The first kappa shape index (κ1) is 17.0. The van der Waals surface area contributed by atoms with Crippen molar-refractivity contribution in [2.75, 3.05) is 11.9 Å². The second-order valence-corrected chi connectivity index (χ2v) is 6.00. The van der Waals surface area contributed by atoms with Crippen molar-refractivity contribution in [2.24, 2.45) is 0 Å². The largest absolute Gasteiger partial charge is 0.508 e. The molecular weight excluding hydrogens is 360 g/mol. The van der Waals surface area contributed by atoms with Crippen LogP contribution in [0.4, 0.5) is 5.69 Å². The number of hydrogen-bond acceptors (Lipinski definition) is 3. The minimum absolute atomic E-state index is 0.196. The molecule has 0 aliphatic rings. The Hall–Kier alpha value is -2.34. The fourth-order valence-corrected chi connectivity index (χ4v) is 2.49. The van der Waals surface area contributed by atoms with Gasteiger partial charge in [0.2, 0.25) is 0 Å². The van der Waals surface area contributed by atoms with Gasteiger partial charge in [0.1, 0.15) is 5.75 Å². The lowest BCUT2D eigenvalue weighted by atomic mass is 10.1. The van der Waals surface area contributed by atoms with E-state index in [1.807, 2.05) is 13.0 Å². The molecule has 5 nitrogen and oxygen atoms in total. The van der Waals surface area contributed by atoms with E-state index in [0.717, 1.165) is 15.6 Å². The second kappa shape index (κ2) is 7.78. The molecule has 6 heteroatoms. The van der Waals surface area contributed by atoms with Crippen molar-refractivity contribution in [3.8, 4) is 5.75 Å². The minimum atomic E-state index is -0.693. The van der Waals surface area contributed by atoms with Gasteiger partial charge in [-0.1, -0.05) is 28.1 Å². The number of amides is 2. The van der Waals surface area contributed by atoms with E-state index in [4.69, 9.17) is 0 Å². The first-order valence-electron chi connectivity index (χ1n) is 7.09. The molecule has 0 radical (unpaired) electrons. The minimum Gasteiger partial charge on any atom is -0.508 e. The fourth-order valence-electron chi connectivity index (χ4n) is 2.01. The highest BCUT2D eigenvalue weighted by Gasteiger charge is 2.14.